The predicted octanol–water partition coefficient (Wildman–Crippen LogP) is 6.39. The lowest BCUT2D eigenvalue weighted by atomic mass is 10.1. The molecule has 19 heavy (non-hydrogen) atoms. The summed E-state index contributed by atoms with van der Waals surface area (Å²) in [6, 6.07) is 16.3. The fourth-order valence-electron chi connectivity index (χ4n) is 1.74. The Morgan fingerprint density at radius 3 is 1.26 bits per heavy atom. The van der Waals surface area contributed by atoms with Gasteiger partial charge in [0.15, 0.2) is 0 Å². The topological polar surface area (TPSA) is 9.23 Å². The Morgan fingerprint density at radius 1 is 0.684 bits per heavy atom. The summed E-state index contributed by atoms with van der Waals surface area (Å²) in [6.45, 7) is 4.21. The first kappa shape index (κ1) is 14.6. The van der Waals surface area contributed by atoms with Gasteiger partial charge in [-0.25, -0.2) is 0 Å². The first-order chi connectivity index (χ1) is 9.06. The minimum atomic E-state index is 0.362. The third-order valence-electron chi connectivity index (χ3n) is 2.91. The van der Waals surface area contributed by atoms with Crippen molar-refractivity contribution in [1.29, 1.82) is 0 Å². The van der Waals surface area contributed by atoms with Crippen LogP contribution in [0.25, 0.3) is 0 Å². The Labute approximate surface area is 131 Å². The van der Waals surface area contributed by atoms with Gasteiger partial charge in [0.05, 0.1) is 0 Å². The van der Waals surface area contributed by atoms with Gasteiger partial charge < -0.3 is 4.74 Å². The van der Waals surface area contributed by atoms with Gasteiger partial charge in [-0.05, 0) is 49.2 Å². The maximum absolute atomic E-state index is 5.82. The van der Waals surface area contributed by atoms with Gasteiger partial charge in [-0.3, -0.25) is 0 Å². The second-order valence-corrected chi connectivity index (χ2v) is 7.22. The first-order valence-electron chi connectivity index (χ1n) is 6.22. The molecule has 0 radical (unpaired) electrons. The van der Waals surface area contributed by atoms with Gasteiger partial charge >= 0.3 is 0 Å². The van der Waals surface area contributed by atoms with Gasteiger partial charge in [-0.1, -0.05) is 56.1 Å². The van der Waals surface area contributed by atoms with E-state index in [1.807, 2.05) is 24.3 Å². The molecule has 0 saturated heterocycles. The van der Waals surface area contributed by atoms with Crippen LogP contribution < -0.4 is 4.74 Å². The molecule has 0 aliphatic carbocycles. The Hall–Kier alpha value is -0.800. The van der Waals surface area contributed by atoms with Crippen molar-refractivity contribution in [2.24, 2.45) is 0 Å². The molecule has 0 fully saturated rings. The van der Waals surface area contributed by atoms with Crippen LogP contribution in [0.3, 0.4) is 0 Å². The predicted molar refractivity (Wildman–Crippen MR) is 87.6 cm³/mol. The molecule has 2 aromatic carbocycles. The SMILES string of the molecule is CC(Br)c1ccc(Oc2ccc(C(C)Br)cc2)cc1. The van der Waals surface area contributed by atoms with E-state index in [0.717, 1.165) is 11.5 Å². The molecule has 0 aromatic heterocycles. The van der Waals surface area contributed by atoms with Crippen molar-refractivity contribution in [2.45, 2.75) is 23.5 Å². The van der Waals surface area contributed by atoms with Crippen molar-refractivity contribution in [3.05, 3.63) is 59.7 Å². The Kier molecular flexibility index (Phi) is 5.06. The lowest BCUT2D eigenvalue weighted by Gasteiger charge is -2.09. The number of rotatable bonds is 4. The van der Waals surface area contributed by atoms with E-state index in [-0.39, 0.29) is 0 Å². The van der Waals surface area contributed by atoms with Gasteiger partial charge in [0.2, 0.25) is 0 Å². The van der Waals surface area contributed by atoms with Crippen molar-refractivity contribution in [2.75, 3.05) is 0 Å². The third-order valence-corrected chi connectivity index (χ3v) is 3.97. The summed E-state index contributed by atoms with van der Waals surface area (Å²) in [4.78, 5) is 0.725. The second-order valence-electron chi connectivity index (χ2n) is 4.47. The number of hydrogen-bond acceptors (Lipinski definition) is 1. The van der Waals surface area contributed by atoms with Crippen LogP contribution in [0, 0.1) is 0 Å². The Bertz CT molecular complexity index is 466. The normalized spacial score (nSPS) is 13.9. The lowest BCUT2D eigenvalue weighted by Crippen LogP contribution is -1.88. The number of hydrogen-bond donors (Lipinski definition) is 0. The van der Waals surface area contributed by atoms with Crippen LogP contribution in [0.4, 0.5) is 0 Å². The van der Waals surface area contributed by atoms with E-state index in [1.54, 1.807) is 0 Å². The van der Waals surface area contributed by atoms with E-state index in [4.69, 9.17) is 4.74 Å². The molecule has 0 saturated carbocycles. The molecule has 100 valence electrons. The van der Waals surface area contributed by atoms with E-state index in [2.05, 4.69) is 70.0 Å². The molecule has 0 bridgehead atoms. The number of benzene rings is 2. The largest absolute Gasteiger partial charge is 0.457 e. The third kappa shape index (κ3) is 4.08. The van der Waals surface area contributed by atoms with E-state index in [1.165, 1.54) is 11.1 Å². The minimum absolute atomic E-state index is 0.362. The molecule has 0 aliphatic heterocycles. The van der Waals surface area contributed by atoms with Crippen LogP contribution in [-0.2, 0) is 0 Å². The van der Waals surface area contributed by atoms with Crippen LogP contribution in [-0.4, -0.2) is 0 Å². The van der Waals surface area contributed by atoms with Crippen molar-refractivity contribution < 1.29 is 4.74 Å². The van der Waals surface area contributed by atoms with Crippen LogP contribution in [0.5, 0.6) is 11.5 Å². The maximum Gasteiger partial charge on any atom is 0.127 e. The van der Waals surface area contributed by atoms with Gasteiger partial charge in [0.25, 0.3) is 0 Å². The van der Waals surface area contributed by atoms with Crippen LogP contribution in [0.2, 0.25) is 0 Å². The molecule has 2 atom stereocenters. The molecule has 2 aromatic rings. The summed E-state index contributed by atoms with van der Waals surface area (Å²) in [5.41, 5.74) is 2.49. The average Bonchev–Trinajstić information content (AvgIpc) is 2.40. The Balaban J connectivity index is 2.08. The van der Waals surface area contributed by atoms with Crippen LogP contribution in [0.15, 0.2) is 48.5 Å². The maximum atomic E-state index is 5.82. The van der Waals surface area contributed by atoms with E-state index >= 15 is 0 Å². The van der Waals surface area contributed by atoms with Gasteiger partial charge in [-0.15, -0.1) is 0 Å². The highest BCUT2D eigenvalue weighted by Crippen LogP contribution is 2.28. The highest BCUT2D eigenvalue weighted by atomic mass is 79.9. The standard InChI is InChI=1S/C16H16Br2O/c1-11(17)13-3-7-15(8-4-13)19-16-9-5-14(6-10-16)12(2)18/h3-12H,1-2H3. The fourth-order valence-corrected chi connectivity index (χ4v) is 2.35. The molecule has 0 N–H and O–H groups in total. The molecule has 0 aliphatic rings. The Morgan fingerprint density at radius 2 is 1.00 bits per heavy atom. The molecule has 2 rings (SSSR count). The van der Waals surface area contributed by atoms with Crippen molar-refractivity contribution in [3.63, 3.8) is 0 Å². The van der Waals surface area contributed by atoms with Crippen molar-refractivity contribution in [1.82, 2.24) is 0 Å². The number of ether oxygens (including phenoxy) is 1. The number of halogens is 2. The molecule has 3 heteroatoms. The zero-order chi connectivity index (χ0) is 13.8. The smallest absolute Gasteiger partial charge is 0.127 e. The van der Waals surface area contributed by atoms with Gasteiger partial charge in [-0.2, -0.15) is 0 Å². The summed E-state index contributed by atoms with van der Waals surface area (Å²) in [5, 5.41) is 0. The summed E-state index contributed by atoms with van der Waals surface area (Å²) in [7, 11) is 0. The fraction of sp³-hybridized carbons (Fsp3) is 0.250. The monoisotopic (exact) mass is 382 g/mol. The lowest BCUT2D eigenvalue weighted by molar-refractivity contribution is 0.482. The molecular weight excluding hydrogens is 368 g/mol. The zero-order valence-corrected chi connectivity index (χ0v) is 14.1. The molecule has 0 spiro atoms. The molecule has 0 heterocycles. The molecule has 2 unspecified atom stereocenters. The minimum Gasteiger partial charge on any atom is -0.457 e. The highest BCUT2D eigenvalue weighted by Gasteiger charge is 2.03. The first-order valence-corrected chi connectivity index (χ1v) is 8.05. The van der Waals surface area contributed by atoms with Crippen LogP contribution >= 0.6 is 31.9 Å². The summed E-state index contributed by atoms with van der Waals surface area (Å²) in [6.07, 6.45) is 0. The van der Waals surface area contributed by atoms with E-state index in [0.29, 0.717) is 9.65 Å². The summed E-state index contributed by atoms with van der Waals surface area (Å²) < 4.78 is 5.82. The van der Waals surface area contributed by atoms with Crippen molar-refractivity contribution in [3.8, 4) is 11.5 Å². The van der Waals surface area contributed by atoms with E-state index < -0.39 is 0 Å². The molecule has 1 nitrogen and oxygen atoms in total. The highest BCUT2D eigenvalue weighted by molar-refractivity contribution is 9.09. The van der Waals surface area contributed by atoms with E-state index in [9.17, 15) is 0 Å². The van der Waals surface area contributed by atoms with Crippen LogP contribution in [0.1, 0.15) is 34.6 Å². The number of alkyl halides is 2. The molecular formula is C16H16Br2O. The second kappa shape index (κ2) is 6.58. The molecule has 0 amide bonds. The average molecular weight is 384 g/mol. The quantitative estimate of drug-likeness (QED) is 0.555. The summed E-state index contributed by atoms with van der Waals surface area (Å²) in [5.74, 6) is 1.72. The zero-order valence-electron chi connectivity index (χ0n) is 10.9. The van der Waals surface area contributed by atoms with Gasteiger partial charge in [0.1, 0.15) is 11.5 Å². The van der Waals surface area contributed by atoms with Crippen molar-refractivity contribution >= 4 is 31.9 Å². The van der Waals surface area contributed by atoms with Gasteiger partial charge in [0, 0.05) is 9.65 Å². The summed E-state index contributed by atoms with van der Waals surface area (Å²) >= 11 is 7.10.